The average Bonchev–Trinajstić information content (AvgIpc) is 2.66. The Morgan fingerprint density at radius 2 is 1.96 bits per heavy atom. The normalized spacial score (nSPS) is 10.8. The maximum absolute atomic E-state index is 12.2. The lowest BCUT2D eigenvalue weighted by atomic mass is 10.1. The molecule has 2 N–H and O–H groups in total. The lowest BCUT2D eigenvalue weighted by molar-refractivity contribution is 0.402. The minimum atomic E-state index is -0.379. The Balaban J connectivity index is 2.06. The van der Waals surface area contributed by atoms with E-state index in [0.717, 1.165) is 5.56 Å². The monoisotopic (exact) mass is 368 g/mol. The van der Waals surface area contributed by atoms with Crippen molar-refractivity contribution >= 4 is 24.1 Å². The number of aromatic amines is 2. The third-order valence-corrected chi connectivity index (χ3v) is 3.84. The summed E-state index contributed by atoms with van der Waals surface area (Å²) in [5.41, 5.74) is 1.74. The number of methoxy groups -OCH3 is 2. The molecule has 0 aliphatic heterocycles. The molecular weight excluding hydrogens is 352 g/mol. The molecule has 1 aromatic heterocycles. The number of nitrogens with one attached hydrogen (secondary N) is 2. The summed E-state index contributed by atoms with van der Waals surface area (Å²) in [7, 11) is 3.18. The fourth-order valence-corrected chi connectivity index (χ4v) is 2.53. The van der Waals surface area contributed by atoms with E-state index in [1.807, 2.05) is 18.2 Å². The molecule has 0 amide bonds. The molecule has 3 aromatic rings. The molecule has 2 aromatic carbocycles. The second-order valence-corrected chi connectivity index (χ2v) is 5.65. The van der Waals surface area contributed by atoms with Gasteiger partial charge in [0.2, 0.25) is 0 Å². The van der Waals surface area contributed by atoms with Gasteiger partial charge in [0.25, 0.3) is 5.56 Å². The third-order valence-electron chi connectivity index (χ3n) is 3.65. The van der Waals surface area contributed by atoms with Crippen molar-refractivity contribution in [2.24, 2.45) is 4.99 Å². The second kappa shape index (κ2) is 7.75. The zero-order valence-corrected chi connectivity index (χ0v) is 15.0. The number of para-hydroxylation sites is 1. The Morgan fingerprint density at radius 3 is 2.69 bits per heavy atom. The summed E-state index contributed by atoms with van der Waals surface area (Å²) in [4.78, 5) is 19.2. The standard InChI is InChI=1S/C18H16N4O3S/c1-24-12-7-8-15(25-2)11(9-12)10-19-14-6-4-3-5-13(14)16-17(23)20-18(26)22-21-16/h3-10H,1-2H3,(H2,20,22,23,26). The highest BCUT2D eigenvalue weighted by atomic mass is 32.1. The molecule has 0 atom stereocenters. The molecule has 8 heteroatoms. The van der Waals surface area contributed by atoms with Crippen LogP contribution in [0.15, 0.2) is 52.3 Å². The van der Waals surface area contributed by atoms with E-state index in [-0.39, 0.29) is 16.0 Å². The van der Waals surface area contributed by atoms with Crippen LogP contribution in [0, 0.1) is 4.77 Å². The van der Waals surface area contributed by atoms with Gasteiger partial charge in [-0.05, 0) is 36.5 Å². The third kappa shape index (κ3) is 3.70. The Morgan fingerprint density at radius 1 is 1.15 bits per heavy atom. The van der Waals surface area contributed by atoms with Crippen LogP contribution in [0.25, 0.3) is 11.3 Å². The van der Waals surface area contributed by atoms with E-state index < -0.39 is 0 Å². The molecule has 0 aliphatic rings. The second-order valence-electron chi connectivity index (χ2n) is 5.24. The molecule has 26 heavy (non-hydrogen) atoms. The van der Waals surface area contributed by atoms with Crippen LogP contribution in [0.4, 0.5) is 5.69 Å². The fourth-order valence-electron chi connectivity index (χ4n) is 2.40. The Bertz CT molecular complexity index is 1070. The van der Waals surface area contributed by atoms with E-state index >= 15 is 0 Å². The molecule has 0 saturated carbocycles. The van der Waals surface area contributed by atoms with Crippen molar-refractivity contribution in [1.29, 1.82) is 0 Å². The SMILES string of the molecule is COc1ccc(OC)c(C=Nc2ccccc2-c2n[nH]c(=S)[nH]c2=O)c1. The maximum atomic E-state index is 12.2. The van der Waals surface area contributed by atoms with Gasteiger partial charge in [-0.15, -0.1) is 0 Å². The smallest absolute Gasteiger partial charge is 0.278 e. The van der Waals surface area contributed by atoms with Crippen molar-refractivity contribution in [3.05, 3.63) is 63.2 Å². The van der Waals surface area contributed by atoms with Crippen LogP contribution < -0.4 is 15.0 Å². The first-order chi connectivity index (χ1) is 12.6. The van der Waals surface area contributed by atoms with Crippen molar-refractivity contribution in [2.75, 3.05) is 14.2 Å². The average molecular weight is 368 g/mol. The molecule has 0 bridgehead atoms. The maximum Gasteiger partial charge on any atom is 0.278 e. The van der Waals surface area contributed by atoms with E-state index in [2.05, 4.69) is 20.2 Å². The number of rotatable bonds is 5. The van der Waals surface area contributed by atoms with Gasteiger partial charge in [-0.1, -0.05) is 18.2 Å². The number of aromatic nitrogens is 3. The molecule has 3 rings (SSSR count). The summed E-state index contributed by atoms with van der Waals surface area (Å²) in [5, 5.41) is 6.63. The van der Waals surface area contributed by atoms with E-state index in [1.54, 1.807) is 44.7 Å². The van der Waals surface area contributed by atoms with Crippen LogP contribution in [0.3, 0.4) is 0 Å². The van der Waals surface area contributed by atoms with Crippen LogP contribution in [0.1, 0.15) is 5.56 Å². The molecule has 0 radical (unpaired) electrons. The van der Waals surface area contributed by atoms with Crippen LogP contribution in [-0.4, -0.2) is 35.6 Å². The minimum Gasteiger partial charge on any atom is -0.497 e. The topological polar surface area (TPSA) is 92.4 Å². The molecule has 0 fully saturated rings. The Labute approximate surface area is 154 Å². The first kappa shape index (κ1) is 17.6. The summed E-state index contributed by atoms with van der Waals surface area (Å²) in [5.74, 6) is 1.35. The molecule has 7 nitrogen and oxygen atoms in total. The largest absolute Gasteiger partial charge is 0.497 e. The number of hydrogen-bond donors (Lipinski definition) is 2. The van der Waals surface area contributed by atoms with E-state index in [4.69, 9.17) is 21.7 Å². The first-order valence-electron chi connectivity index (χ1n) is 7.67. The molecular formula is C18H16N4O3S. The number of ether oxygens (including phenoxy) is 2. The zero-order valence-electron chi connectivity index (χ0n) is 14.1. The number of H-pyrrole nitrogens is 2. The van der Waals surface area contributed by atoms with E-state index in [1.165, 1.54) is 0 Å². The molecule has 0 saturated heterocycles. The van der Waals surface area contributed by atoms with Gasteiger partial charge in [-0.2, -0.15) is 5.10 Å². The van der Waals surface area contributed by atoms with E-state index in [9.17, 15) is 4.79 Å². The number of benzene rings is 2. The van der Waals surface area contributed by atoms with E-state index in [0.29, 0.717) is 22.7 Å². The quantitative estimate of drug-likeness (QED) is 0.533. The Hall–Kier alpha value is -3.26. The summed E-state index contributed by atoms with van der Waals surface area (Å²) in [6, 6.07) is 12.6. The molecule has 132 valence electrons. The van der Waals surface area contributed by atoms with Gasteiger partial charge in [-0.25, -0.2) is 0 Å². The van der Waals surface area contributed by atoms with Crippen LogP contribution in [0.2, 0.25) is 0 Å². The van der Waals surface area contributed by atoms with Gasteiger partial charge in [-0.3, -0.25) is 19.9 Å². The van der Waals surface area contributed by atoms with Crippen LogP contribution in [-0.2, 0) is 0 Å². The number of aliphatic imine (C=N–C) groups is 1. The molecule has 0 aliphatic carbocycles. The number of hydrogen-bond acceptors (Lipinski definition) is 6. The van der Waals surface area contributed by atoms with Crippen molar-refractivity contribution < 1.29 is 9.47 Å². The van der Waals surface area contributed by atoms with Crippen LogP contribution in [0.5, 0.6) is 11.5 Å². The minimum absolute atomic E-state index is 0.167. The zero-order chi connectivity index (χ0) is 18.5. The van der Waals surface area contributed by atoms with Crippen molar-refractivity contribution in [3.63, 3.8) is 0 Å². The van der Waals surface area contributed by atoms with Gasteiger partial charge in [0.15, 0.2) is 10.5 Å². The van der Waals surface area contributed by atoms with Crippen LogP contribution >= 0.6 is 12.2 Å². The van der Waals surface area contributed by atoms with Gasteiger partial charge in [0.05, 0.1) is 19.9 Å². The highest BCUT2D eigenvalue weighted by molar-refractivity contribution is 7.71. The molecule has 0 spiro atoms. The number of nitrogens with zero attached hydrogens (tertiary/aromatic N) is 2. The molecule has 1 heterocycles. The first-order valence-corrected chi connectivity index (χ1v) is 8.07. The lowest BCUT2D eigenvalue weighted by Crippen LogP contribution is -2.12. The summed E-state index contributed by atoms with van der Waals surface area (Å²) in [6.45, 7) is 0. The van der Waals surface area contributed by atoms with Gasteiger partial charge in [0.1, 0.15) is 11.5 Å². The summed E-state index contributed by atoms with van der Waals surface area (Å²) < 4.78 is 10.8. The van der Waals surface area contributed by atoms with Gasteiger partial charge in [0, 0.05) is 17.3 Å². The van der Waals surface area contributed by atoms with Crippen molar-refractivity contribution in [2.45, 2.75) is 0 Å². The lowest BCUT2D eigenvalue weighted by Gasteiger charge is -2.07. The van der Waals surface area contributed by atoms with Gasteiger partial charge < -0.3 is 9.47 Å². The predicted molar refractivity (Wildman–Crippen MR) is 102 cm³/mol. The predicted octanol–water partition coefficient (Wildman–Crippen LogP) is 3.26. The summed E-state index contributed by atoms with van der Waals surface area (Å²) >= 11 is 4.88. The Kier molecular flexibility index (Phi) is 5.23. The summed E-state index contributed by atoms with van der Waals surface area (Å²) in [6.07, 6.45) is 1.65. The van der Waals surface area contributed by atoms with Crippen molar-refractivity contribution in [1.82, 2.24) is 15.2 Å². The van der Waals surface area contributed by atoms with Gasteiger partial charge >= 0.3 is 0 Å². The molecule has 0 unspecified atom stereocenters. The van der Waals surface area contributed by atoms with Crippen molar-refractivity contribution in [3.8, 4) is 22.8 Å². The highest BCUT2D eigenvalue weighted by Gasteiger charge is 2.10. The fraction of sp³-hybridized carbons (Fsp3) is 0.111. The highest BCUT2D eigenvalue weighted by Crippen LogP contribution is 2.28.